The Bertz CT molecular complexity index is 752. The number of amides is 2. The molecule has 0 aliphatic heterocycles. The molecular formula is C17H16ClFN2O3. The minimum absolute atomic E-state index is 0.00841. The number of anilines is 1. The fraction of sp³-hybridized carbons (Fsp3) is 0.176. The van der Waals surface area contributed by atoms with Gasteiger partial charge in [-0.1, -0.05) is 23.7 Å². The number of nitrogens with one attached hydrogen (secondary N) is 2. The monoisotopic (exact) mass is 350 g/mol. The fourth-order valence-electron chi connectivity index (χ4n) is 2.05. The molecule has 0 saturated heterocycles. The number of benzene rings is 2. The molecule has 2 N–H and O–H groups in total. The SMILES string of the molecule is COc1ccc(Cl)cc1NC(=O)CNC(=O)Cc1cccc(F)c1. The highest BCUT2D eigenvalue weighted by molar-refractivity contribution is 6.31. The van der Waals surface area contributed by atoms with Crippen LogP contribution in [0.5, 0.6) is 5.75 Å². The molecule has 0 aliphatic carbocycles. The smallest absolute Gasteiger partial charge is 0.243 e. The van der Waals surface area contributed by atoms with Gasteiger partial charge in [-0.15, -0.1) is 0 Å². The van der Waals surface area contributed by atoms with Gasteiger partial charge in [0.05, 0.1) is 25.8 Å². The van der Waals surface area contributed by atoms with Gasteiger partial charge in [0, 0.05) is 5.02 Å². The van der Waals surface area contributed by atoms with E-state index < -0.39 is 11.7 Å². The van der Waals surface area contributed by atoms with Gasteiger partial charge in [-0.25, -0.2) is 4.39 Å². The van der Waals surface area contributed by atoms with Crippen LogP contribution in [0, 0.1) is 5.82 Å². The van der Waals surface area contributed by atoms with Crippen LogP contribution in [0.4, 0.5) is 10.1 Å². The van der Waals surface area contributed by atoms with Gasteiger partial charge in [-0.3, -0.25) is 9.59 Å². The van der Waals surface area contributed by atoms with E-state index >= 15 is 0 Å². The lowest BCUT2D eigenvalue weighted by Crippen LogP contribution is -2.33. The molecular weight excluding hydrogens is 335 g/mol. The van der Waals surface area contributed by atoms with Gasteiger partial charge in [-0.05, 0) is 35.9 Å². The summed E-state index contributed by atoms with van der Waals surface area (Å²) < 4.78 is 18.2. The Labute approximate surface area is 143 Å². The van der Waals surface area contributed by atoms with Gasteiger partial charge in [0.15, 0.2) is 0 Å². The quantitative estimate of drug-likeness (QED) is 0.841. The van der Waals surface area contributed by atoms with Crippen molar-refractivity contribution < 1.29 is 18.7 Å². The Kier molecular flexibility index (Phi) is 6.14. The number of rotatable bonds is 6. The second-order valence-electron chi connectivity index (χ2n) is 4.98. The number of carbonyl (C=O) groups is 2. The standard InChI is InChI=1S/C17H16ClFN2O3/c1-24-15-6-5-12(18)9-14(15)21-17(23)10-20-16(22)8-11-3-2-4-13(19)7-11/h2-7,9H,8,10H2,1H3,(H,20,22)(H,21,23). The summed E-state index contributed by atoms with van der Waals surface area (Å²) in [6, 6.07) is 10.5. The maximum Gasteiger partial charge on any atom is 0.243 e. The molecule has 0 radical (unpaired) electrons. The summed E-state index contributed by atoms with van der Waals surface area (Å²) in [4.78, 5) is 23.7. The molecule has 7 heteroatoms. The molecule has 0 heterocycles. The van der Waals surface area contributed by atoms with E-state index in [1.165, 1.54) is 25.3 Å². The summed E-state index contributed by atoms with van der Waals surface area (Å²) >= 11 is 5.88. The van der Waals surface area contributed by atoms with Crippen molar-refractivity contribution in [2.24, 2.45) is 0 Å². The predicted octanol–water partition coefficient (Wildman–Crippen LogP) is 2.79. The Morgan fingerprint density at radius 2 is 1.96 bits per heavy atom. The summed E-state index contributed by atoms with van der Waals surface area (Å²) in [5.41, 5.74) is 0.943. The van der Waals surface area contributed by atoms with Gasteiger partial charge in [0.1, 0.15) is 11.6 Å². The van der Waals surface area contributed by atoms with Gasteiger partial charge < -0.3 is 15.4 Å². The zero-order valence-corrected chi connectivity index (χ0v) is 13.7. The van der Waals surface area contributed by atoms with Crippen molar-refractivity contribution >= 4 is 29.1 Å². The summed E-state index contributed by atoms with van der Waals surface area (Å²) in [5, 5.41) is 5.53. The van der Waals surface area contributed by atoms with Crippen molar-refractivity contribution in [3.05, 3.63) is 58.9 Å². The lowest BCUT2D eigenvalue weighted by atomic mass is 10.1. The second-order valence-corrected chi connectivity index (χ2v) is 5.41. The van der Waals surface area contributed by atoms with Gasteiger partial charge in [-0.2, -0.15) is 0 Å². The zero-order valence-electron chi connectivity index (χ0n) is 12.9. The topological polar surface area (TPSA) is 67.4 Å². The molecule has 2 rings (SSSR count). The number of methoxy groups -OCH3 is 1. The predicted molar refractivity (Wildman–Crippen MR) is 89.7 cm³/mol. The van der Waals surface area contributed by atoms with Crippen LogP contribution in [0.25, 0.3) is 0 Å². The molecule has 5 nitrogen and oxygen atoms in total. The molecule has 0 unspecified atom stereocenters. The Morgan fingerprint density at radius 3 is 2.67 bits per heavy atom. The Morgan fingerprint density at radius 1 is 1.17 bits per heavy atom. The normalized spacial score (nSPS) is 10.1. The van der Waals surface area contributed by atoms with Crippen molar-refractivity contribution in [3.8, 4) is 5.75 Å². The number of ether oxygens (including phenoxy) is 1. The van der Waals surface area contributed by atoms with E-state index in [4.69, 9.17) is 16.3 Å². The third-order valence-corrected chi connectivity index (χ3v) is 3.37. The van der Waals surface area contributed by atoms with E-state index in [9.17, 15) is 14.0 Å². The Balaban J connectivity index is 1.87. The first-order valence-electron chi connectivity index (χ1n) is 7.12. The van der Waals surface area contributed by atoms with Crippen molar-refractivity contribution in [2.75, 3.05) is 19.0 Å². The zero-order chi connectivity index (χ0) is 17.5. The van der Waals surface area contributed by atoms with Crippen LogP contribution < -0.4 is 15.4 Å². The average molecular weight is 351 g/mol. The molecule has 0 saturated carbocycles. The number of hydrogen-bond donors (Lipinski definition) is 2. The number of halogens is 2. The molecule has 2 amide bonds. The largest absolute Gasteiger partial charge is 0.495 e. The number of carbonyl (C=O) groups excluding carboxylic acids is 2. The third-order valence-electron chi connectivity index (χ3n) is 3.14. The molecule has 0 aliphatic rings. The third kappa shape index (κ3) is 5.24. The van der Waals surface area contributed by atoms with Crippen LogP contribution >= 0.6 is 11.6 Å². The van der Waals surface area contributed by atoms with Crippen LogP contribution in [0.1, 0.15) is 5.56 Å². The summed E-state index contributed by atoms with van der Waals surface area (Å²) in [6.07, 6.45) is -0.00841. The second kappa shape index (κ2) is 8.31. The van der Waals surface area contributed by atoms with Crippen LogP contribution in [-0.2, 0) is 16.0 Å². The summed E-state index contributed by atoms with van der Waals surface area (Å²) in [7, 11) is 1.47. The number of hydrogen-bond acceptors (Lipinski definition) is 3. The summed E-state index contributed by atoms with van der Waals surface area (Å²) in [5.74, 6) is -0.762. The van der Waals surface area contributed by atoms with Crippen LogP contribution in [0.3, 0.4) is 0 Å². The molecule has 0 spiro atoms. The highest BCUT2D eigenvalue weighted by Gasteiger charge is 2.10. The molecule has 0 fully saturated rings. The highest BCUT2D eigenvalue weighted by Crippen LogP contribution is 2.27. The lowest BCUT2D eigenvalue weighted by molar-refractivity contribution is -0.123. The fourth-order valence-corrected chi connectivity index (χ4v) is 2.22. The molecule has 24 heavy (non-hydrogen) atoms. The van der Waals surface area contributed by atoms with E-state index in [0.717, 1.165) is 0 Å². The molecule has 0 atom stereocenters. The van der Waals surface area contributed by atoms with E-state index in [0.29, 0.717) is 22.0 Å². The van der Waals surface area contributed by atoms with Gasteiger partial charge >= 0.3 is 0 Å². The molecule has 2 aromatic rings. The maximum absolute atomic E-state index is 13.1. The minimum Gasteiger partial charge on any atom is -0.495 e. The van der Waals surface area contributed by atoms with Crippen LogP contribution in [0.2, 0.25) is 5.02 Å². The maximum atomic E-state index is 13.1. The molecule has 2 aromatic carbocycles. The van der Waals surface area contributed by atoms with Crippen molar-refractivity contribution in [3.63, 3.8) is 0 Å². The van der Waals surface area contributed by atoms with Crippen LogP contribution in [-0.4, -0.2) is 25.5 Å². The van der Waals surface area contributed by atoms with Crippen LogP contribution in [0.15, 0.2) is 42.5 Å². The van der Waals surface area contributed by atoms with Gasteiger partial charge in [0.2, 0.25) is 11.8 Å². The molecule has 0 bridgehead atoms. The molecule has 0 aromatic heterocycles. The van der Waals surface area contributed by atoms with Crippen molar-refractivity contribution in [1.82, 2.24) is 5.32 Å². The van der Waals surface area contributed by atoms with E-state index in [-0.39, 0.29) is 18.9 Å². The minimum atomic E-state index is -0.428. The van der Waals surface area contributed by atoms with Crippen molar-refractivity contribution in [2.45, 2.75) is 6.42 Å². The first kappa shape index (κ1) is 17.7. The van der Waals surface area contributed by atoms with Crippen molar-refractivity contribution in [1.29, 1.82) is 0 Å². The summed E-state index contributed by atoms with van der Waals surface area (Å²) in [6.45, 7) is -0.218. The van der Waals surface area contributed by atoms with E-state index in [1.54, 1.807) is 24.3 Å². The lowest BCUT2D eigenvalue weighted by Gasteiger charge is -2.11. The highest BCUT2D eigenvalue weighted by atomic mass is 35.5. The average Bonchev–Trinajstić information content (AvgIpc) is 2.53. The van der Waals surface area contributed by atoms with E-state index in [2.05, 4.69) is 10.6 Å². The first-order chi connectivity index (χ1) is 11.5. The van der Waals surface area contributed by atoms with Gasteiger partial charge in [0.25, 0.3) is 0 Å². The molecule has 126 valence electrons. The van der Waals surface area contributed by atoms with E-state index in [1.807, 2.05) is 0 Å². The Hall–Kier alpha value is -2.60. The first-order valence-corrected chi connectivity index (χ1v) is 7.50.